The number of halogens is 3. The predicted octanol–water partition coefficient (Wildman–Crippen LogP) is 3.76. The Morgan fingerprint density at radius 2 is 1.81 bits per heavy atom. The number of nitrogens with two attached hydrogens (primary N) is 1. The third-order valence-electron chi connectivity index (χ3n) is 3.50. The lowest BCUT2D eigenvalue weighted by Gasteiger charge is -2.19. The van der Waals surface area contributed by atoms with Gasteiger partial charge in [-0.05, 0) is 42.2 Å². The van der Waals surface area contributed by atoms with Crippen LogP contribution in [0.2, 0.25) is 0 Å². The van der Waals surface area contributed by atoms with Gasteiger partial charge in [-0.1, -0.05) is 36.4 Å². The molecule has 0 aromatic heterocycles. The summed E-state index contributed by atoms with van der Waals surface area (Å²) < 4.78 is 38.3. The third-order valence-corrected chi connectivity index (χ3v) is 3.50. The highest BCUT2D eigenvalue weighted by molar-refractivity contribution is 5.32. The zero-order chi connectivity index (χ0) is 15.5. The second kappa shape index (κ2) is 6.28. The number of benzene rings is 2. The lowest BCUT2D eigenvalue weighted by atomic mass is 9.95. The smallest absolute Gasteiger partial charge is 0.271 e. The quantitative estimate of drug-likeness (QED) is 0.665. The van der Waals surface area contributed by atoms with Gasteiger partial charge in [-0.25, -0.2) is 0 Å². The standard InChI is InChI=1S/C16H17F3N2/c1-11-5-2-3-6-12(11)10-15(21-20)13-7-4-8-14(9-13)16(17,18)19/h2-9,15,21H,10,20H2,1H3. The summed E-state index contributed by atoms with van der Waals surface area (Å²) in [5.74, 6) is 5.53. The van der Waals surface area contributed by atoms with Crippen LogP contribution < -0.4 is 11.3 Å². The van der Waals surface area contributed by atoms with Crippen molar-refractivity contribution in [3.8, 4) is 0 Å². The topological polar surface area (TPSA) is 38.0 Å². The zero-order valence-corrected chi connectivity index (χ0v) is 11.6. The largest absolute Gasteiger partial charge is 0.416 e. The fourth-order valence-electron chi connectivity index (χ4n) is 2.26. The molecule has 0 bridgehead atoms. The molecule has 2 aromatic carbocycles. The Balaban J connectivity index is 2.28. The van der Waals surface area contributed by atoms with Gasteiger partial charge in [-0.2, -0.15) is 13.2 Å². The molecule has 3 N–H and O–H groups in total. The van der Waals surface area contributed by atoms with Gasteiger partial charge in [0.25, 0.3) is 0 Å². The first-order valence-electron chi connectivity index (χ1n) is 6.59. The molecule has 2 nitrogen and oxygen atoms in total. The van der Waals surface area contributed by atoms with Crippen molar-refractivity contribution in [3.05, 3.63) is 70.8 Å². The Labute approximate surface area is 121 Å². The summed E-state index contributed by atoms with van der Waals surface area (Å²) in [6.07, 6.45) is -3.82. The maximum atomic E-state index is 12.8. The van der Waals surface area contributed by atoms with Crippen LogP contribution in [0, 0.1) is 6.92 Å². The van der Waals surface area contributed by atoms with Crippen LogP contribution in [0.25, 0.3) is 0 Å². The maximum Gasteiger partial charge on any atom is 0.416 e. The molecule has 0 heterocycles. The molecule has 21 heavy (non-hydrogen) atoms. The molecule has 5 heteroatoms. The normalized spacial score (nSPS) is 13.2. The van der Waals surface area contributed by atoms with E-state index in [1.807, 2.05) is 31.2 Å². The Hall–Kier alpha value is -1.85. The summed E-state index contributed by atoms with van der Waals surface area (Å²) in [6, 6.07) is 12.6. The minimum atomic E-state index is -4.35. The first-order valence-corrected chi connectivity index (χ1v) is 6.59. The molecule has 0 aliphatic rings. The van der Waals surface area contributed by atoms with Gasteiger partial charge >= 0.3 is 6.18 Å². The number of hydrogen-bond acceptors (Lipinski definition) is 2. The Morgan fingerprint density at radius 3 is 2.43 bits per heavy atom. The average molecular weight is 294 g/mol. The van der Waals surface area contributed by atoms with Crippen molar-refractivity contribution in [1.29, 1.82) is 0 Å². The van der Waals surface area contributed by atoms with Crippen molar-refractivity contribution in [2.75, 3.05) is 0 Å². The lowest BCUT2D eigenvalue weighted by Crippen LogP contribution is -2.30. The third kappa shape index (κ3) is 3.83. The number of hydrogen-bond donors (Lipinski definition) is 2. The molecule has 1 unspecified atom stereocenters. The lowest BCUT2D eigenvalue weighted by molar-refractivity contribution is -0.137. The van der Waals surface area contributed by atoms with E-state index in [1.165, 1.54) is 6.07 Å². The van der Waals surface area contributed by atoms with Crippen molar-refractivity contribution in [2.45, 2.75) is 25.6 Å². The second-order valence-electron chi connectivity index (χ2n) is 4.97. The minimum Gasteiger partial charge on any atom is -0.271 e. The highest BCUT2D eigenvalue weighted by atomic mass is 19.4. The van der Waals surface area contributed by atoms with Gasteiger partial charge in [0.1, 0.15) is 0 Å². The van der Waals surface area contributed by atoms with Crippen molar-refractivity contribution < 1.29 is 13.2 Å². The highest BCUT2D eigenvalue weighted by Crippen LogP contribution is 2.31. The Morgan fingerprint density at radius 1 is 1.10 bits per heavy atom. The summed E-state index contributed by atoms with van der Waals surface area (Å²) in [5.41, 5.74) is 4.61. The summed E-state index contributed by atoms with van der Waals surface area (Å²) >= 11 is 0. The van der Waals surface area contributed by atoms with E-state index in [9.17, 15) is 13.2 Å². The molecule has 0 aliphatic carbocycles. The second-order valence-corrected chi connectivity index (χ2v) is 4.97. The minimum absolute atomic E-state index is 0.367. The van der Waals surface area contributed by atoms with Crippen molar-refractivity contribution in [1.82, 2.24) is 5.43 Å². The first kappa shape index (κ1) is 15.5. The Bertz CT molecular complexity index is 608. The van der Waals surface area contributed by atoms with Crippen molar-refractivity contribution in [2.24, 2.45) is 5.84 Å². The van der Waals surface area contributed by atoms with Crippen molar-refractivity contribution in [3.63, 3.8) is 0 Å². The van der Waals surface area contributed by atoms with E-state index in [1.54, 1.807) is 6.07 Å². The molecule has 1 atom stereocenters. The first-order chi connectivity index (χ1) is 9.91. The van der Waals surface area contributed by atoms with E-state index in [-0.39, 0.29) is 6.04 Å². The van der Waals surface area contributed by atoms with Gasteiger partial charge in [-0.3, -0.25) is 11.3 Å². The SMILES string of the molecule is Cc1ccccc1CC(NN)c1cccc(C(F)(F)F)c1. The van der Waals surface area contributed by atoms with E-state index in [2.05, 4.69) is 5.43 Å². The van der Waals surface area contributed by atoms with Gasteiger partial charge in [0, 0.05) is 0 Å². The van der Waals surface area contributed by atoms with Gasteiger partial charge in [-0.15, -0.1) is 0 Å². The number of hydrazine groups is 1. The molecule has 0 fully saturated rings. The van der Waals surface area contributed by atoms with E-state index >= 15 is 0 Å². The van der Waals surface area contributed by atoms with E-state index in [4.69, 9.17) is 5.84 Å². The Kier molecular flexibility index (Phi) is 4.65. The van der Waals surface area contributed by atoms with E-state index < -0.39 is 11.7 Å². The highest BCUT2D eigenvalue weighted by Gasteiger charge is 2.30. The molecule has 2 aromatic rings. The molecular formula is C16H17F3N2. The van der Waals surface area contributed by atoms with Gasteiger partial charge < -0.3 is 0 Å². The van der Waals surface area contributed by atoms with Gasteiger partial charge in [0.15, 0.2) is 0 Å². The number of alkyl halides is 3. The summed E-state index contributed by atoms with van der Waals surface area (Å²) in [7, 11) is 0. The number of aryl methyl sites for hydroxylation is 1. The van der Waals surface area contributed by atoms with Crippen LogP contribution in [0.1, 0.15) is 28.3 Å². The zero-order valence-electron chi connectivity index (χ0n) is 11.6. The fourth-order valence-corrected chi connectivity index (χ4v) is 2.26. The van der Waals surface area contributed by atoms with Crippen LogP contribution in [-0.4, -0.2) is 0 Å². The maximum absolute atomic E-state index is 12.8. The summed E-state index contributed by atoms with van der Waals surface area (Å²) in [5, 5.41) is 0. The molecule has 0 aliphatic heterocycles. The van der Waals surface area contributed by atoms with E-state index in [0.717, 1.165) is 23.3 Å². The van der Waals surface area contributed by atoms with Crippen LogP contribution in [0.15, 0.2) is 48.5 Å². The van der Waals surface area contributed by atoms with Gasteiger partial charge in [0.05, 0.1) is 11.6 Å². The molecule has 0 amide bonds. The molecule has 0 saturated heterocycles. The molecule has 0 radical (unpaired) electrons. The average Bonchev–Trinajstić information content (AvgIpc) is 2.46. The predicted molar refractivity (Wildman–Crippen MR) is 76.4 cm³/mol. The van der Waals surface area contributed by atoms with Crippen LogP contribution >= 0.6 is 0 Å². The number of rotatable bonds is 4. The number of nitrogens with one attached hydrogen (secondary N) is 1. The van der Waals surface area contributed by atoms with Crippen LogP contribution in [-0.2, 0) is 12.6 Å². The molecule has 2 rings (SSSR count). The fraction of sp³-hybridized carbons (Fsp3) is 0.250. The van der Waals surface area contributed by atoms with Crippen LogP contribution in [0.5, 0.6) is 0 Å². The monoisotopic (exact) mass is 294 g/mol. The van der Waals surface area contributed by atoms with Crippen molar-refractivity contribution >= 4 is 0 Å². The molecule has 0 saturated carbocycles. The summed E-state index contributed by atoms with van der Waals surface area (Å²) in [6.45, 7) is 1.97. The summed E-state index contributed by atoms with van der Waals surface area (Å²) in [4.78, 5) is 0. The van der Waals surface area contributed by atoms with Crippen LogP contribution in [0.4, 0.5) is 13.2 Å². The van der Waals surface area contributed by atoms with E-state index in [0.29, 0.717) is 12.0 Å². The van der Waals surface area contributed by atoms with Crippen LogP contribution in [0.3, 0.4) is 0 Å². The molecule has 112 valence electrons. The molecule has 0 spiro atoms. The van der Waals surface area contributed by atoms with Gasteiger partial charge in [0.2, 0.25) is 0 Å². The molecular weight excluding hydrogens is 277 g/mol.